The third-order valence-electron chi connectivity index (χ3n) is 2.07. The van der Waals surface area contributed by atoms with Crippen molar-refractivity contribution in [3.63, 3.8) is 0 Å². The van der Waals surface area contributed by atoms with Gasteiger partial charge in [0.05, 0.1) is 5.02 Å². The molecule has 0 saturated carbocycles. The molecule has 0 amide bonds. The highest BCUT2D eigenvalue weighted by Crippen LogP contribution is 2.33. The number of benzene rings is 1. The van der Waals surface area contributed by atoms with Crippen molar-refractivity contribution >= 4 is 40.9 Å². The molecular weight excluding hydrogens is 293 g/mol. The summed E-state index contributed by atoms with van der Waals surface area (Å²) in [6.07, 6.45) is 0. The van der Waals surface area contributed by atoms with E-state index < -0.39 is 5.97 Å². The van der Waals surface area contributed by atoms with Gasteiger partial charge in [-0.25, -0.2) is 9.78 Å². The number of carboxylic acid groups (broad SMARTS) is 1. The molecule has 0 aliphatic rings. The van der Waals surface area contributed by atoms with Gasteiger partial charge in [-0.1, -0.05) is 53.2 Å². The lowest BCUT2D eigenvalue weighted by Crippen LogP contribution is -2.03. The van der Waals surface area contributed by atoms with Gasteiger partial charge < -0.3 is 5.11 Å². The molecular formula is C12H7Cl2NO2S. The lowest BCUT2D eigenvalue weighted by atomic mass is 10.3. The Hall–Kier alpha value is -1.23. The Kier molecular flexibility index (Phi) is 4.11. The lowest BCUT2D eigenvalue weighted by molar-refractivity contribution is 0.0686. The van der Waals surface area contributed by atoms with Crippen molar-refractivity contribution < 1.29 is 9.90 Å². The minimum atomic E-state index is -1.13. The number of hydrogen-bond donors (Lipinski definition) is 1. The van der Waals surface area contributed by atoms with Gasteiger partial charge in [0.25, 0.3) is 0 Å². The second kappa shape index (κ2) is 5.61. The molecule has 2 aromatic rings. The van der Waals surface area contributed by atoms with E-state index in [9.17, 15) is 4.79 Å². The molecule has 2 rings (SSSR count). The van der Waals surface area contributed by atoms with Crippen LogP contribution in [-0.4, -0.2) is 16.1 Å². The van der Waals surface area contributed by atoms with Crippen molar-refractivity contribution in [1.29, 1.82) is 0 Å². The first-order valence-electron chi connectivity index (χ1n) is 4.90. The zero-order valence-corrected chi connectivity index (χ0v) is 11.3. The first-order chi connectivity index (χ1) is 8.58. The van der Waals surface area contributed by atoms with Crippen LogP contribution in [0.3, 0.4) is 0 Å². The Morgan fingerprint density at radius 1 is 1.22 bits per heavy atom. The van der Waals surface area contributed by atoms with Crippen LogP contribution in [0, 0.1) is 0 Å². The van der Waals surface area contributed by atoms with E-state index in [-0.39, 0.29) is 15.9 Å². The van der Waals surface area contributed by atoms with E-state index in [0.29, 0.717) is 4.90 Å². The number of halogens is 2. The van der Waals surface area contributed by atoms with Crippen LogP contribution < -0.4 is 0 Å². The molecule has 0 fully saturated rings. The second-order valence-corrected chi connectivity index (χ2v) is 5.21. The molecule has 0 aliphatic carbocycles. The molecule has 1 aromatic heterocycles. The molecule has 1 N–H and O–H groups in total. The highest BCUT2D eigenvalue weighted by Gasteiger charge is 2.16. The van der Waals surface area contributed by atoms with Crippen LogP contribution in [0.15, 0.2) is 46.2 Å². The maximum Gasteiger partial charge on any atom is 0.355 e. The minimum absolute atomic E-state index is 0.00789. The molecule has 1 heterocycles. The number of carboxylic acids is 1. The molecule has 0 atom stereocenters. The molecule has 0 bridgehead atoms. The molecule has 92 valence electrons. The fourth-order valence-corrected chi connectivity index (χ4v) is 2.60. The third kappa shape index (κ3) is 2.96. The van der Waals surface area contributed by atoms with Crippen molar-refractivity contribution in [2.45, 2.75) is 9.79 Å². The fourth-order valence-electron chi connectivity index (χ4n) is 1.30. The molecule has 3 nitrogen and oxygen atoms in total. The van der Waals surface area contributed by atoms with Gasteiger partial charge >= 0.3 is 5.97 Å². The van der Waals surface area contributed by atoms with Crippen LogP contribution in [0.25, 0.3) is 0 Å². The maximum absolute atomic E-state index is 11.1. The van der Waals surface area contributed by atoms with Crippen LogP contribution in [0.4, 0.5) is 0 Å². The zero-order chi connectivity index (χ0) is 13.1. The minimum Gasteiger partial charge on any atom is -0.476 e. The number of carbonyl (C=O) groups is 1. The van der Waals surface area contributed by atoms with Gasteiger partial charge in [-0.3, -0.25) is 0 Å². The van der Waals surface area contributed by atoms with Crippen molar-refractivity contribution in [2.75, 3.05) is 0 Å². The Balaban J connectivity index is 2.43. The van der Waals surface area contributed by atoms with Crippen molar-refractivity contribution in [1.82, 2.24) is 4.98 Å². The molecule has 6 heteroatoms. The predicted octanol–water partition coefficient (Wildman–Crippen LogP) is 4.24. The number of nitrogens with zero attached hydrogens (tertiary/aromatic N) is 1. The van der Waals surface area contributed by atoms with E-state index in [2.05, 4.69) is 4.98 Å². The van der Waals surface area contributed by atoms with Crippen molar-refractivity contribution in [2.24, 2.45) is 0 Å². The van der Waals surface area contributed by atoms with Gasteiger partial charge in [0.2, 0.25) is 0 Å². The van der Waals surface area contributed by atoms with Crippen LogP contribution in [0.1, 0.15) is 10.5 Å². The summed E-state index contributed by atoms with van der Waals surface area (Å²) in [5.74, 6) is -1.13. The van der Waals surface area contributed by atoms with Gasteiger partial charge in [-0.2, -0.15) is 0 Å². The first-order valence-corrected chi connectivity index (χ1v) is 6.47. The summed E-state index contributed by atoms with van der Waals surface area (Å²) >= 11 is 12.9. The maximum atomic E-state index is 11.1. The predicted molar refractivity (Wildman–Crippen MR) is 71.8 cm³/mol. The van der Waals surface area contributed by atoms with Crippen molar-refractivity contribution in [3.05, 3.63) is 52.3 Å². The number of rotatable bonds is 3. The number of aromatic nitrogens is 1. The summed E-state index contributed by atoms with van der Waals surface area (Å²) in [6.45, 7) is 0. The summed E-state index contributed by atoms with van der Waals surface area (Å²) in [4.78, 5) is 16.2. The van der Waals surface area contributed by atoms with Gasteiger partial charge in [0.15, 0.2) is 5.69 Å². The molecule has 0 radical (unpaired) electrons. The lowest BCUT2D eigenvalue weighted by Gasteiger charge is -2.06. The Morgan fingerprint density at radius 2 is 1.89 bits per heavy atom. The van der Waals surface area contributed by atoms with Gasteiger partial charge in [-0.05, 0) is 18.2 Å². The van der Waals surface area contributed by atoms with Crippen LogP contribution in [-0.2, 0) is 0 Å². The van der Waals surface area contributed by atoms with Gasteiger partial charge in [-0.15, -0.1) is 0 Å². The monoisotopic (exact) mass is 299 g/mol. The van der Waals surface area contributed by atoms with E-state index in [1.54, 1.807) is 0 Å². The molecule has 1 aromatic carbocycles. The quantitative estimate of drug-likeness (QED) is 0.861. The van der Waals surface area contributed by atoms with E-state index >= 15 is 0 Å². The highest BCUT2D eigenvalue weighted by atomic mass is 35.5. The van der Waals surface area contributed by atoms with Gasteiger partial charge in [0, 0.05) is 9.79 Å². The average Bonchev–Trinajstić information content (AvgIpc) is 2.34. The average molecular weight is 300 g/mol. The Labute approximate surface area is 118 Å². The third-order valence-corrected chi connectivity index (χ3v) is 3.78. The summed E-state index contributed by atoms with van der Waals surface area (Å²) in [7, 11) is 0. The van der Waals surface area contributed by atoms with Gasteiger partial charge in [0.1, 0.15) is 5.15 Å². The van der Waals surface area contributed by atoms with E-state index in [1.165, 1.54) is 17.8 Å². The van der Waals surface area contributed by atoms with Crippen LogP contribution in [0.2, 0.25) is 10.2 Å². The Morgan fingerprint density at radius 3 is 2.50 bits per heavy atom. The van der Waals surface area contributed by atoms with Crippen LogP contribution >= 0.6 is 35.0 Å². The second-order valence-electron chi connectivity index (χ2n) is 3.33. The summed E-state index contributed by atoms with van der Waals surface area (Å²) < 4.78 is 0. The standard InChI is InChI=1S/C12H7Cl2NO2S/c13-8-6-9(10(12(16)17)15-11(8)14)18-7-4-2-1-3-5-7/h1-6H,(H,16,17). The smallest absolute Gasteiger partial charge is 0.355 e. The normalized spacial score (nSPS) is 10.3. The Bertz CT molecular complexity index is 590. The number of hydrogen-bond acceptors (Lipinski definition) is 3. The van der Waals surface area contributed by atoms with E-state index in [1.807, 2.05) is 30.3 Å². The molecule has 0 unspecified atom stereocenters. The summed E-state index contributed by atoms with van der Waals surface area (Å²) in [6, 6.07) is 10.9. The van der Waals surface area contributed by atoms with E-state index in [4.69, 9.17) is 28.3 Å². The number of aromatic carboxylic acids is 1. The van der Waals surface area contributed by atoms with Crippen molar-refractivity contribution in [3.8, 4) is 0 Å². The highest BCUT2D eigenvalue weighted by molar-refractivity contribution is 7.99. The fraction of sp³-hybridized carbons (Fsp3) is 0. The van der Waals surface area contributed by atoms with E-state index in [0.717, 1.165) is 4.90 Å². The zero-order valence-electron chi connectivity index (χ0n) is 8.93. The first kappa shape index (κ1) is 13.2. The summed E-state index contributed by atoms with van der Waals surface area (Å²) in [5, 5.41) is 9.31. The molecule has 18 heavy (non-hydrogen) atoms. The molecule has 0 spiro atoms. The summed E-state index contributed by atoms with van der Waals surface area (Å²) in [5.41, 5.74) is -0.0988. The number of pyridine rings is 1. The van der Waals surface area contributed by atoms with Crippen LogP contribution in [0.5, 0.6) is 0 Å². The molecule has 0 aliphatic heterocycles. The largest absolute Gasteiger partial charge is 0.476 e. The molecule has 0 saturated heterocycles. The topological polar surface area (TPSA) is 50.2 Å². The SMILES string of the molecule is O=C(O)c1nc(Cl)c(Cl)cc1Sc1ccccc1.